The lowest BCUT2D eigenvalue weighted by molar-refractivity contribution is 0.181. The Bertz CT molecular complexity index is 525. The second-order valence-corrected chi connectivity index (χ2v) is 5.02. The number of aliphatic hydroxyl groups is 1. The topological polar surface area (TPSA) is 61.8 Å². The third kappa shape index (κ3) is 4.78. The zero-order valence-corrected chi connectivity index (χ0v) is 12.1. The Labute approximate surface area is 124 Å². The number of urea groups is 1. The molecular formula is C16H20N2O3. The number of rotatable bonds is 3. The Kier molecular flexibility index (Phi) is 5.61. The number of hydrogen-bond acceptors (Lipinski definition) is 3. The van der Waals surface area contributed by atoms with Crippen molar-refractivity contribution in [1.29, 1.82) is 0 Å². The van der Waals surface area contributed by atoms with Crippen molar-refractivity contribution in [2.24, 2.45) is 0 Å². The van der Waals surface area contributed by atoms with E-state index in [1.54, 1.807) is 11.9 Å². The van der Waals surface area contributed by atoms with Crippen molar-refractivity contribution in [3.63, 3.8) is 0 Å². The molecule has 0 spiro atoms. The molecule has 1 fully saturated rings. The highest BCUT2D eigenvalue weighted by atomic mass is 16.5. The van der Waals surface area contributed by atoms with E-state index < -0.39 is 0 Å². The SMILES string of the molecule is CN(Cc1ccc(C#CCO)cc1)C(=O)NC1CCOC1. The molecule has 5 heteroatoms. The first-order chi connectivity index (χ1) is 10.2. The Hall–Kier alpha value is -2.03. The van der Waals surface area contributed by atoms with Gasteiger partial charge in [0.05, 0.1) is 12.6 Å². The molecule has 1 unspecified atom stereocenters. The normalized spacial score (nSPS) is 17.0. The quantitative estimate of drug-likeness (QED) is 0.814. The van der Waals surface area contributed by atoms with Gasteiger partial charge < -0.3 is 20.1 Å². The van der Waals surface area contributed by atoms with Crippen molar-refractivity contribution in [2.75, 3.05) is 26.9 Å². The second-order valence-electron chi connectivity index (χ2n) is 5.02. The predicted molar refractivity (Wildman–Crippen MR) is 79.6 cm³/mol. The van der Waals surface area contributed by atoms with E-state index in [4.69, 9.17) is 9.84 Å². The molecule has 21 heavy (non-hydrogen) atoms. The second kappa shape index (κ2) is 7.67. The van der Waals surface area contributed by atoms with Gasteiger partial charge in [-0.15, -0.1) is 0 Å². The van der Waals surface area contributed by atoms with Crippen molar-refractivity contribution in [2.45, 2.75) is 19.0 Å². The molecule has 2 amide bonds. The van der Waals surface area contributed by atoms with Crippen LogP contribution in [0.2, 0.25) is 0 Å². The Morgan fingerprint density at radius 1 is 1.48 bits per heavy atom. The summed E-state index contributed by atoms with van der Waals surface area (Å²) >= 11 is 0. The van der Waals surface area contributed by atoms with Crippen LogP contribution in [0.5, 0.6) is 0 Å². The van der Waals surface area contributed by atoms with Crippen LogP contribution in [-0.2, 0) is 11.3 Å². The summed E-state index contributed by atoms with van der Waals surface area (Å²) in [4.78, 5) is 13.7. The fraction of sp³-hybridized carbons (Fsp3) is 0.438. The van der Waals surface area contributed by atoms with E-state index in [1.807, 2.05) is 24.3 Å². The summed E-state index contributed by atoms with van der Waals surface area (Å²) in [5.41, 5.74) is 1.88. The fourth-order valence-electron chi connectivity index (χ4n) is 2.11. The van der Waals surface area contributed by atoms with Crippen LogP contribution in [0.15, 0.2) is 24.3 Å². The summed E-state index contributed by atoms with van der Waals surface area (Å²) in [6, 6.07) is 7.67. The maximum absolute atomic E-state index is 12.0. The summed E-state index contributed by atoms with van der Waals surface area (Å²) < 4.78 is 5.24. The number of carbonyl (C=O) groups excluding carboxylic acids is 1. The van der Waals surface area contributed by atoms with Gasteiger partial charge in [-0.05, 0) is 24.1 Å². The van der Waals surface area contributed by atoms with Gasteiger partial charge >= 0.3 is 6.03 Å². The number of nitrogens with zero attached hydrogens (tertiary/aromatic N) is 1. The van der Waals surface area contributed by atoms with E-state index in [2.05, 4.69) is 17.2 Å². The molecule has 1 aliphatic heterocycles. The van der Waals surface area contributed by atoms with Crippen LogP contribution in [-0.4, -0.2) is 48.9 Å². The number of hydrogen-bond donors (Lipinski definition) is 2. The molecule has 2 N–H and O–H groups in total. The van der Waals surface area contributed by atoms with Gasteiger partial charge in [0.2, 0.25) is 0 Å². The van der Waals surface area contributed by atoms with Gasteiger partial charge in [-0.2, -0.15) is 0 Å². The number of nitrogens with one attached hydrogen (secondary N) is 1. The van der Waals surface area contributed by atoms with Gasteiger partial charge in [-0.25, -0.2) is 4.79 Å². The standard InChI is InChI=1S/C16H20N2O3/c1-18(16(20)17-15-8-10-21-12-15)11-14-6-4-13(5-7-14)3-2-9-19/h4-7,15,19H,8-12H2,1H3,(H,17,20). The van der Waals surface area contributed by atoms with E-state index in [9.17, 15) is 4.79 Å². The van der Waals surface area contributed by atoms with Gasteiger partial charge in [-0.3, -0.25) is 0 Å². The van der Waals surface area contributed by atoms with Gasteiger partial charge in [-0.1, -0.05) is 24.0 Å². The number of ether oxygens (including phenoxy) is 1. The summed E-state index contributed by atoms with van der Waals surface area (Å²) in [5, 5.41) is 11.6. The van der Waals surface area contributed by atoms with Crippen LogP contribution < -0.4 is 5.32 Å². The molecule has 1 heterocycles. The third-order valence-corrected chi connectivity index (χ3v) is 3.29. The Balaban J connectivity index is 1.86. The molecule has 1 aromatic rings. The lowest BCUT2D eigenvalue weighted by Gasteiger charge is -2.20. The predicted octanol–water partition coefficient (Wildman–Crippen LogP) is 0.961. The highest BCUT2D eigenvalue weighted by molar-refractivity contribution is 5.74. The smallest absolute Gasteiger partial charge is 0.317 e. The molecule has 0 saturated carbocycles. The number of carbonyl (C=O) groups is 1. The van der Waals surface area contributed by atoms with E-state index >= 15 is 0 Å². The van der Waals surface area contributed by atoms with Crippen LogP contribution in [0.1, 0.15) is 17.5 Å². The highest BCUT2D eigenvalue weighted by Crippen LogP contribution is 2.08. The molecule has 112 valence electrons. The molecule has 0 aliphatic carbocycles. The van der Waals surface area contributed by atoms with Crippen LogP contribution in [0, 0.1) is 11.8 Å². The first kappa shape index (κ1) is 15.4. The van der Waals surface area contributed by atoms with Gasteiger partial charge in [0.25, 0.3) is 0 Å². The third-order valence-electron chi connectivity index (χ3n) is 3.29. The van der Waals surface area contributed by atoms with Gasteiger partial charge in [0.15, 0.2) is 0 Å². The van der Waals surface area contributed by atoms with Crippen LogP contribution in [0.25, 0.3) is 0 Å². The minimum absolute atomic E-state index is 0.0883. The first-order valence-electron chi connectivity index (χ1n) is 6.97. The average molecular weight is 288 g/mol. The van der Waals surface area contributed by atoms with E-state index in [1.165, 1.54) is 0 Å². The highest BCUT2D eigenvalue weighted by Gasteiger charge is 2.19. The lowest BCUT2D eigenvalue weighted by atomic mass is 10.1. The number of benzene rings is 1. The van der Waals surface area contributed by atoms with Crippen molar-refractivity contribution in [3.05, 3.63) is 35.4 Å². The van der Waals surface area contributed by atoms with Gasteiger partial charge in [0, 0.05) is 25.8 Å². The maximum Gasteiger partial charge on any atom is 0.317 e. The van der Waals surface area contributed by atoms with Crippen LogP contribution in [0.3, 0.4) is 0 Å². The molecular weight excluding hydrogens is 268 g/mol. The summed E-state index contributed by atoms with van der Waals surface area (Å²) in [6.07, 6.45) is 0.873. The molecule has 2 rings (SSSR count). The maximum atomic E-state index is 12.0. The van der Waals surface area contributed by atoms with E-state index in [-0.39, 0.29) is 18.7 Å². The largest absolute Gasteiger partial charge is 0.384 e. The molecule has 0 radical (unpaired) electrons. The van der Waals surface area contributed by atoms with Crippen molar-refractivity contribution in [3.8, 4) is 11.8 Å². The van der Waals surface area contributed by atoms with Crippen molar-refractivity contribution < 1.29 is 14.6 Å². The van der Waals surface area contributed by atoms with E-state index in [0.717, 1.165) is 17.5 Å². The molecule has 1 saturated heterocycles. The summed E-state index contributed by atoms with van der Waals surface area (Å²) in [7, 11) is 1.77. The van der Waals surface area contributed by atoms with Crippen molar-refractivity contribution >= 4 is 6.03 Å². The van der Waals surface area contributed by atoms with Gasteiger partial charge in [0.1, 0.15) is 6.61 Å². The molecule has 5 nitrogen and oxygen atoms in total. The Morgan fingerprint density at radius 2 is 2.24 bits per heavy atom. The minimum atomic E-state index is -0.143. The molecule has 1 atom stereocenters. The number of amides is 2. The van der Waals surface area contributed by atoms with E-state index in [0.29, 0.717) is 19.8 Å². The zero-order valence-electron chi connectivity index (χ0n) is 12.1. The fourth-order valence-corrected chi connectivity index (χ4v) is 2.11. The minimum Gasteiger partial charge on any atom is -0.384 e. The zero-order chi connectivity index (χ0) is 15.1. The monoisotopic (exact) mass is 288 g/mol. The molecule has 1 aliphatic rings. The molecule has 0 aromatic heterocycles. The Morgan fingerprint density at radius 3 is 2.86 bits per heavy atom. The first-order valence-corrected chi connectivity index (χ1v) is 6.97. The summed E-state index contributed by atoms with van der Waals surface area (Å²) in [5.74, 6) is 5.44. The van der Waals surface area contributed by atoms with Crippen molar-refractivity contribution in [1.82, 2.24) is 10.2 Å². The molecule has 0 bridgehead atoms. The summed E-state index contributed by atoms with van der Waals surface area (Å²) in [6.45, 7) is 1.70. The number of aliphatic hydroxyl groups excluding tert-OH is 1. The molecule has 1 aromatic carbocycles. The van der Waals surface area contributed by atoms with Crippen LogP contribution >= 0.6 is 0 Å². The van der Waals surface area contributed by atoms with Crippen LogP contribution in [0.4, 0.5) is 4.79 Å². The lowest BCUT2D eigenvalue weighted by Crippen LogP contribution is -2.43. The average Bonchev–Trinajstić information content (AvgIpc) is 2.99.